The van der Waals surface area contributed by atoms with Gasteiger partial charge in [-0.25, -0.2) is 4.98 Å². The minimum Gasteiger partial charge on any atom is -0.456 e. The molecule has 0 bridgehead atoms. The molecule has 0 aliphatic heterocycles. The molecule has 2 aromatic heterocycles. The van der Waals surface area contributed by atoms with Crippen LogP contribution in [0.5, 0.6) is 0 Å². The Morgan fingerprint density at radius 3 is 2.57 bits per heavy atom. The molecule has 0 radical (unpaired) electrons. The lowest BCUT2D eigenvalue weighted by Gasteiger charge is -1.94. The van der Waals surface area contributed by atoms with E-state index < -0.39 is 0 Å². The summed E-state index contributed by atoms with van der Waals surface area (Å²) in [4.78, 5) is 4.87. The van der Waals surface area contributed by atoms with Crippen LogP contribution >= 0.6 is 22.9 Å². The normalized spacial score (nSPS) is 11.7. The third kappa shape index (κ3) is 1.90. The Bertz CT molecular complexity index is 1170. The van der Waals surface area contributed by atoms with E-state index in [1.165, 1.54) is 0 Å². The van der Waals surface area contributed by atoms with Crippen LogP contribution in [0.4, 0.5) is 0 Å². The minimum absolute atomic E-state index is 0.686. The van der Waals surface area contributed by atoms with Crippen LogP contribution in [-0.2, 0) is 0 Å². The third-order valence-corrected chi connectivity index (χ3v) is 5.53. The quantitative estimate of drug-likeness (QED) is 0.348. The molecule has 0 atom stereocenters. The molecule has 0 spiro atoms. The minimum atomic E-state index is 0.686. The van der Waals surface area contributed by atoms with Crippen molar-refractivity contribution in [3.8, 4) is 10.6 Å². The van der Waals surface area contributed by atoms with Gasteiger partial charge < -0.3 is 4.42 Å². The topological polar surface area (TPSA) is 26.0 Å². The van der Waals surface area contributed by atoms with Crippen molar-refractivity contribution in [2.24, 2.45) is 0 Å². The van der Waals surface area contributed by atoms with Crippen molar-refractivity contribution in [1.82, 2.24) is 4.98 Å². The van der Waals surface area contributed by atoms with Crippen LogP contribution in [0.25, 0.3) is 42.7 Å². The van der Waals surface area contributed by atoms with Crippen molar-refractivity contribution in [1.29, 1.82) is 0 Å². The summed E-state index contributed by atoms with van der Waals surface area (Å²) >= 11 is 8.09. The number of nitrogens with zero attached hydrogens (tertiary/aromatic N) is 1. The number of halogens is 1. The fraction of sp³-hybridized carbons (Fsp3) is 0. The highest BCUT2D eigenvalue weighted by Gasteiger charge is 2.17. The molecule has 0 fully saturated rings. The molecular weight excluding hydrogens is 326 g/mol. The van der Waals surface area contributed by atoms with E-state index in [4.69, 9.17) is 21.0 Å². The lowest BCUT2D eigenvalue weighted by atomic mass is 10.1. The first-order valence-corrected chi connectivity index (χ1v) is 8.46. The summed E-state index contributed by atoms with van der Waals surface area (Å²) in [5.41, 5.74) is 3.67. The molecule has 0 saturated heterocycles. The Morgan fingerprint density at radius 1 is 0.913 bits per heavy atom. The van der Waals surface area contributed by atoms with Crippen LogP contribution in [0.3, 0.4) is 0 Å². The fourth-order valence-corrected chi connectivity index (χ4v) is 4.24. The van der Waals surface area contributed by atoms with Gasteiger partial charge in [-0.15, -0.1) is 11.3 Å². The monoisotopic (exact) mass is 335 g/mol. The molecule has 2 heterocycles. The maximum Gasteiger partial charge on any atom is 0.139 e. The Morgan fingerprint density at radius 2 is 1.70 bits per heavy atom. The second-order valence-corrected chi connectivity index (χ2v) is 6.80. The predicted octanol–water partition coefficient (Wildman–Crippen LogP) is 6.52. The van der Waals surface area contributed by atoms with Crippen molar-refractivity contribution in [2.45, 2.75) is 0 Å². The molecule has 5 rings (SSSR count). The number of hydrogen-bond donors (Lipinski definition) is 0. The zero-order valence-electron chi connectivity index (χ0n) is 11.9. The van der Waals surface area contributed by atoms with Crippen LogP contribution in [0.15, 0.2) is 65.1 Å². The van der Waals surface area contributed by atoms with Gasteiger partial charge in [-0.2, -0.15) is 0 Å². The Hall–Kier alpha value is -2.36. The first-order chi connectivity index (χ1) is 11.3. The molecule has 0 unspecified atom stereocenters. The fourth-order valence-electron chi connectivity index (χ4n) is 2.95. The molecule has 2 nitrogen and oxygen atoms in total. The predicted molar refractivity (Wildman–Crippen MR) is 97.3 cm³/mol. The molecule has 110 valence electrons. The zero-order valence-corrected chi connectivity index (χ0v) is 13.5. The third-order valence-electron chi connectivity index (χ3n) is 3.98. The van der Waals surface area contributed by atoms with Gasteiger partial charge in [0, 0.05) is 17.0 Å². The molecular formula is C19H10ClNOS. The average Bonchev–Trinajstić information content (AvgIpc) is 3.17. The SMILES string of the molecule is Clc1cc2oc3ccccc3c2c2nc(-c3ccccc3)sc12. The zero-order chi connectivity index (χ0) is 15.4. The smallest absolute Gasteiger partial charge is 0.139 e. The van der Waals surface area contributed by atoms with E-state index >= 15 is 0 Å². The summed E-state index contributed by atoms with van der Waals surface area (Å²) in [6.45, 7) is 0. The summed E-state index contributed by atoms with van der Waals surface area (Å²) in [6, 6.07) is 20.1. The van der Waals surface area contributed by atoms with Crippen molar-refractivity contribution in [3.63, 3.8) is 0 Å². The van der Waals surface area contributed by atoms with Gasteiger partial charge in [0.15, 0.2) is 0 Å². The van der Waals surface area contributed by atoms with Gasteiger partial charge in [0.2, 0.25) is 0 Å². The lowest BCUT2D eigenvalue weighted by Crippen LogP contribution is -1.76. The maximum atomic E-state index is 6.47. The van der Waals surface area contributed by atoms with E-state index in [1.54, 1.807) is 11.3 Å². The molecule has 0 aliphatic rings. The van der Waals surface area contributed by atoms with Gasteiger partial charge >= 0.3 is 0 Å². The maximum absolute atomic E-state index is 6.47. The standard InChI is InChI=1S/C19H10ClNOS/c20-13-10-15-16(12-8-4-5-9-14(12)22-15)17-18(13)23-19(21-17)11-6-2-1-3-7-11/h1-10H. The van der Waals surface area contributed by atoms with Crippen molar-refractivity contribution < 1.29 is 4.42 Å². The number of thiazole rings is 1. The molecule has 23 heavy (non-hydrogen) atoms. The molecule has 0 saturated carbocycles. The second-order valence-electron chi connectivity index (χ2n) is 5.39. The highest BCUT2D eigenvalue weighted by atomic mass is 35.5. The van der Waals surface area contributed by atoms with E-state index in [0.29, 0.717) is 5.02 Å². The average molecular weight is 336 g/mol. The molecule has 5 aromatic rings. The molecule has 0 N–H and O–H groups in total. The number of fused-ring (bicyclic) bond motifs is 5. The van der Waals surface area contributed by atoms with Gasteiger partial charge in [-0.05, 0) is 6.07 Å². The first-order valence-electron chi connectivity index (χ1n) is 7.27. The highest BCUT2D eigenvalue weighted by Crippen LogP contribution is 2.42. The Kier molecular flexibility index (Phi) is 2.75. The molecule has 0 amide bonds. The van der Waals surface area contributed by atoms with Crippen LogP contribution in [0, 0.1) is 0 Å². The lowest BCUT2D eigenvalue weighted by molar-refractivity contribution is 0.669. The number of para-hydroxylation sites is 1. The van der Waals surface area contributed by atoms with Crippen molar-refractivity contribution in [2.75, 3.05) is 0 Å². The summed E-state index contributed by atoms with van der Waals surface area (Å²) in [6.07, 6.45) is 0. The van der Waals surface area contributed by atoms with E-state index in [-0.39, 0.29) is 0 Å². The van der Waals surface area contributed by atoms with Crippen LogP contribution in [-0.4, -0.2) is 4.98 Å². The van der Waals surface area contributed by atoms with Gasteiger partial charge in [-0.1, -0.05) is 60.1 Å². The van der Waals surface area contributed by atoms with Crippen LogP contribution in [0.2, 0.25) is 5.02 Å². The van der Waals surface area contributed by atoms with E-state index in [2.05, 4.69) is 18.2 Å². The van der Waals surface area contributed by atoms with Crippen molar-refractivity contribution >= 4 is 55.1 Å². The second kappa shape index (κ2) is 4.82. The first kappa shape index (κ1) is 13.1. The van der Waals surface area contributed by atoms with Crippen LogP contribution in [0.1, 0.15) is 0 Å². The Labute approximate surface area is 140 Å². The molecule has 4 heteroatoms. The molecule has 0 aliphatic carbocycles. The number of benzene rings is 3. The molecule has 3 aromatic carbocycles. The summed E-state index contributed by atoms with van der Waals surface area (Å²) in [5.74, 6) is 0. The van der Waals surface area contributed by atoms with Gasteiger partial charge in [0.05, 0.1) is 20.6 Å². The van der Waals surface area contributed by atoms with E-state index in [1.807, 2.05) is 42.5 Å². The van der Waals surface area contributed by atoms with Gasteiger partial charge in [-0.3, -0.25) is 0 Å². The number of rotatable bonds is 1. The van der Waals surface area contributed by atoms with E-state index in [0.717, 1.165) is 42.7 Å². The number of furan rings is 1. The Balaban J connectivity index is 1.94. The highest BCUT2D eigenvalue weighted by molar-refractivity contribution is 7.22. The largest absolute Gasteiger partial charge is 0.456 e. The van der Waals surface area contributed by atoms with Gasteiger partial charge in [0.1, 0.15) is 16.2 Å². The number of hydrogen-bond acceptors (Lipinski definition) is 3. The summed E-state index contributed by atoms with van der Waals surface area (Å²) in [5, 5.41) is 3.78. The van der Waals surface area contributed by atoms with Gasteiger partial charge in [0.25, 0.3) is 0 Å². The van der Waals surface area contributed by atoms with E-state index in [9.17, 15) is 0 Å². The van der Waals surface area contributed by atoms with Crippen molar-refractivity contribution in [3.05, 3.63) is 65.7 Å². The summed E-state index contributed by atoms with van der Waals surface area (Å²) in [7, 11) is 0. The summed E-state index contributed by atoms with van der Waals surface area (Å²) < 4.78 is 6.94. The number of aromatic nitrogens is 1. The van der Waals surface area contributed by atoms with Crippen LogP contribution < -0.4 is 0 Å².